The van der Waals surface area contributed by atoms with Gasteiger partial charge in [-0.25, -0.2) is 0 Å². The minimum absolute atomic E-state index is 0.0804. The molecule has 3 rings (SSSR count). The van der Waals surface area contributed by atoms with E-state index in [1.54, 1.807) is 24.0 Å². The lowest BCUT2D eigenvalue weighted by Gasteiger charge is -2.40. The Morgan fingerprint density at radius 2 is 1.82 bits per heavy atom. The van der Waals surface area contributed by atoms with E-state index >= 15 is 0 Å². The number of ether oxygens (including phenoxy) is 1. The van der Waals surface area contributed by atoms with E-state index in [9.17, 15) is 9.59 Å². The first-order valence-electron chi connectivity index (χ1n) is 9.69. The number of nitrogens with zero attached hydrogens (tertiary/aromatic N) is 2. The lowest BCUT2D eigenvalue weighted by molar-refractivity contribution is -0.145. The molecule has 148 valence electrons. The van der Waals surface area contributed by atoms with Crippen molar-refractivity contribution in [3.63, 3.8) is 0 Å². The van der Waals surface area contributed by atoms with E-state index in [2.05, 4.69) is 12.1 Å². The third-order valence-corrected chi connectivity index (χ3v) is 5.59. The zero-order chi connectivity index (χ0) is 20.1. The number of carbonyl (C=O) groups is 2. The summed E-state index contributed by atoms with van der Waals surface area (Å²) in [5.41, 5.74) is 2.18. The largest absolute Gasteiger partial charge is 0.497 e. The lowest BCUT2D eigenvalue weighted by Crippen LogP contribution is -2.47. The van der Waals surface area contributed by atoms with Crippen molar-refractivity contribution in [2.24, 2.45) is 5.92 Å². The summed E-state index contributed by atoms with van der Waals surface area (Å²) in [5, 5.41) is 0. The lowest BCUT2D eigenvalue weighted by atomic mass is 9.83. The molecule has 28 heavy (non-hydrogen) atoms. The van der Waals surface area contributed by atoms with Gasteiger partial charge in [0.15, 0.2) is 0 Å². The molecule has 5 nitrogen and oxygen atoms in total. The fourth-order valence-corrected chi connectivity index (χ4v) is 3.89. The maximum atomic E-state index is 13.2. The predicted molar refractivity (Wildman–Crippen MR) is 109 cm³/mol. The van der Waals surface area contributed by atoms with Crippen LogP contribution >= 0.6 is 0 Å². The molecule has 0 N–H and O–H groups in total. The van der Waals surface area contributed by atoms with Gasteiger partial charge in [0.1, 0.15) is 5.75 Å². The van der Waals surface area contributed by atoms with E-state index in [0.717, 1.165) is 17.7 Å². The highest BCUT2D eigenvalue weighted by molar-refractivity contribution is 5.84. The average Bonchev–Trinajstić information content (AvgIpc) is 2.74. The zero-order valence-electron chi connectivity index (χ0n) is 16.8. The van der Waals surface area contributed by atoms with E-state index in [0.29, 0.717) is 19.4 Å². The van der Waals surface area contributed by atoms with Crippen LogP contribution in [0.25, 0.3) is 0 Å². The third kappa shape index (κ3) is 4.35. The molecule has 2 amide bonds. The topological polar surface area (TPSA) is 49.9 Å². The van der Waals surface area contributed by atoms with Gasteiger partial charge in [0.25, 0.3) is 0 Å². The second-order valence-corrected chi connectivity index (χ2v) is 7.36. The molecular formula is C23H28N2O3. The van der Waals surface area contributed by atoms with Crippen LogP contribution in [0.1, 0.15) is 30.0 Å². The maximum absolute atomic E-state index is 13.2. The van der Waals surface area contributed by atoms with Gasteiger partial charge in [-0.05, 0) is 36.1 Å². The van der Waals surface area contributed by atoms with Gasteiger partial charge >= 0.3 is 0 Å². The van der Waals surface area contributed by atoms with Gasteiger partial charge in [0.2, 0.25) is 11.8 Å². The first kappa shape index (κ1) is 19.9. The van der Waals surface area contributed by atoms with Crippen LogP contribution < -0.4 is 4.74 Å². The summed E-state index contributed by atoms with van der Waals surface area (Å²) >= 11 is 0. The number of amides is 2. The average molecular weight is 380 g/mol. The number of likely N-dealkylation sites (N-methyl/N-ethyl adjacent to an activating group) is 1. The first-order chi connectivity index (χ1) is 13.5. The highest BCUT2D eigenvalue weighted by Crippen LogP contribution is 2.37. The van der Waals surface area contributed by atoms with Gasteiger partial charge in [0, 0.05) is 27.1 Å². The van der Waals surface area contributed by atoms with Crippen molar-refractivity contribution in [1.29, 1.82) is 0 Å². The van der Waals surface area contributed by atoms with Crippen molar-refractivity contribution in [3.8, 4) is 5.75 Å². The van der Waals surface area contributed by atoms with Crippen molar-refractivity contribution < 1.29 is 14.3 Å². The molecule has 0 aliphatic carbocycles. The zero-order valence-corrected chi connectivity index (χ0v) is 16.8. The number of hydrogen-bond donors (Lipinski definition) is 0. The molecule has 2 aromatic carbocycles. The van der Waals surface area contributed by atoms with Crippen molar-refractivity contribution in [2.75, 3.05) is 27.7 Å². The Hall–Kier alpha value is -2.82. The molecule has 2 atom stereocenters. The number of benzene rings is 2. The predicted octanol–water partition coefficient (Wildman–Crippen LogP) is 3.31. The molecule has 5 heteroatoms. The normalized spacial score (nSPS) is 19.4. The van der Waals surface area contributed by atoms with Crippen molar-refractivity contribution in [3.05, 3.63) is 65.7 Å². The summed E-state index contributed by atoms with van der Waals surface area (Å²) in [7, 11) is 5.27. The van der Waals surface area contributed by atoms with E-state index in [1.807, 2.05) is 49.5 Å². The monoisotopic (exact) mass is 380 g/mol. The van der Waals surface area contributed by atoms with E-state index in [1.165, 1.54) is 5.56 Å². The number of piperidine rings is 1. The number of rotatable bonds is 6. The molecule has 0 saturated carbocycles. The van der Waals surface area contributed by atoms with Crippen LogP contribution in [0.3, 0.4) is 0 Å². The Morgan fingerprint density at radius 1 is 1.14 bits per heavy atom. The van der Waals surface area contributed by atoms with Gasteiger partial charge < -0.3 is 14.5 Å². The molecule has 0 aromatic heterocycles. The standard InChI is InChI=1S/C23H28N2O3/c1-24(16-15-17-7-5-4-6-8-17)23(27)20-13-14-21(26)25(2)22(20)18-9-11-19(28-3)12-10-18/h4-12,20,22H,13-16H2,1-3H3/t20-,22+/m1/s1. The summed E-state index contributed by atoms with van der Waals surface area (Å²) in [6.07, 6.45) is 1.80. The quantitative estimate of drug-likeness (QED) is 0.773. The Morgan fingerprint density at radius 3 is 2.46 bits per heavy atom. The molecular weight excluding hydrogens is 352 g/mol. The summed E-state index contributed by atoms with van der Waals surface area (Å²) in [5.74, 6) is 0.696. The summed E-state index contributed by atoms with van der Waals surface area (Å²) in [6, 6.07) is 17.6. The summed E-state index contributed by atoms with van der Waals surface area (Å²) in [6.45, 7) is 0.659. The highest BCUT2D eigenvalue weighted by Gasteiger charge is 2.39. The molecule has 0 radical (unpaired) electrons. The molecule has 1 aliphatic heterocycles. The Kier molecular flexibility index (Phi) is 6.34. The van der Waals surface area contributed by atoms with Crippen molar-refractivity contribution in [2.45, 2.75) is 25.3 Å². The molecule has 1 fully saturated rings. The van der Waals surface area contributed by atoms with Crippen LogP contribution in [-0.2, 0) is 16.0 Å². The minimum atomic E-state index is -0.251. The van der Waals surface area contributed by atoms with E-state index in [-0.39, 0.29) is 23.8 Å². The van der Waals surface area contributed by atoms with Crippen molar-refractivity contribution in [1.82, 2.24) is 9.80 Å². The Labute approximate surface area is 166 Å². The van der Waals surface area contributed by atoms with E-state index < -0.39 is 0 Å². The number of carbonyl (C=O) groups excluding carboxylic acids is 2. The fourth-order valence-electron chi connectivity index (χ4n) is 3.89. The SMILES string of the molecule is COc1ccc([C@H]2[C@H](C(=O)N(C)CCc3ccccc3)CCC(=O)N2C)cc1. The van der Waals surface area contributed by atoms with E-state index in [4.69, 9.17) is 4.74 Å². The van der Waals surface area contributed by atoms with Gasteiger partial charge in [-0.2, -0.15) is 0 Å². The molecule has 0 bridgehead atoms. The highest BCUT2D eigenvalue weighted by atomic mass is 16.5. The molecule has 0 spiro atoms. The fraction of sp³-hybridized carbons (Fsp3) is 0.391. The minimum Gasteiger partial charge on any atom is -0.497 e. The third-order valence-electron chi connectivity index (χ3n) is 5.59. The van der Waals surface area contributed by atoms with Crippen molar-refractivity contribution >= 4 is 11.8 Å². The second kappa shape index (κ2) is 8.91. The van der Waals surface area contributed by atoms with Crippen LogP contribution in [0.2, 0.25) is 0 Å². The Bertz CT molecular complexity index is 804. The smallest absolute Gasteiger partial charge is 0.227 e. The second-order valence-electron chi connectivity index (χ2n) is 7.36. The van der Waals surface area contributed by atoms with Crippen LogP contribution in [0.15, 0.2) is 54.6 Å². The van der Waals surface area contributed by atoms with Crippen LogP contribution in [0.4, 0.5) is 0 Å². The van der Waals surface area contributed by atoms with Gasteiger partial charge in [-0.1, -0.05) is 42.5 Å². The molecule has 1 heterocycles. The van der Waals surface area contributed by atoms with Crippen LogP contribution in [0.5, 0.6) is 5.75 Å². The molecule has 2 aromatic rings. The first-order valence-corrected chi connectivity index (χ1v) is 9.69. The molecule has 1 aliphatic rings. The number of methoxy groups -OCH3 is 1. The van der Waals surface area contributed by atoms with Gasteiger partial charge in [-0.3, -0.25) is 9.59 Å². The summed E-state index contributed by atoms with van der Waals surface area (Å²) < 4.78 is 5.24. The molecule has 0 unspecified atom stereocenters. The van der Waals surface area contributed by atoms with Crippen LogP contribution in [0, 0.1) is 5.92 Å². The van der Waals surface area contributed by atoms with Gasteiger partial charge in [0.05, 0.1) is 19.1 Å². The summed E-state index contributed by atoms with van der Waals surface area (Å²) in [4.78, 5) is 29.1. The molecule has 1 saturated heterocycles. The number of hydrogen-bond acceptors (Lipinski definition) is 3. The number of likely N-dealkylation sites (tertiary alicyclic amines) is 1. The Balaban J connectivity index is 1.76. The maximum Gasteiger partial charge on any atom is 0.227 e. The van der Waals surface area contributed by atoms with Crippen LogP contribution in [-0.4, -0.2) is 49.4 Å². The van der Waals surface area contributed by atoms with Gasteiger partial charge in [-0.15, -0.1) is 0 Å².